The maximum atomic E-state index is 12.8. The van der Waals surface area contributed by atoms with E-state index < -0.39 is 21.8 Å². The van der Waals surface area contributed by atoms with E-state index in [0.29, 0.717) is 25.9 Å². The summed E-state index contributed by atoms with van der Waals surface area (Å²) in [6.45, 7) is 4.49. The van der Waals surface area contributed by atoms with Gasteiger partial charge in [-0.1, -0.05) is 25.4 Å². The number of Topliss-reactive ketones (excluding diaryl/α,β-unsaturated/α-hetero) is 1. The van der Waals surface area contributed by atoms with Crippen LogP contribution in [0.4, 0.5) is 0 Å². The first-order valence-corrected chi connectivity index (χ1v) is 9.60. The molecule has 8 heteroatoms. The van der Waals surface area contributed by atoms with Gasteiger partial charge >= 0.3 is 5.97 Å². The van der Waals surface area contributed by atoms with Gasteiger partial charge in [-0.2, -0.15) is 4.31 Å². The summed E-state index contributed by atoms with van der Waals surface area (Å²) in [4.78, 5) is 22.5. The van der Waals surface area contributed by atoms with Crippen LogP contribution in [0, 0.1) is 0 Å². The van der Waals surface area contributed by atoms with Gasteiger partial charge in [0.2, 0.25) is 10.0 Å². The van der Waals surface area contributed by atoms with Crippen molar-refractivity contribution in [3.63, 3.8) is 0 Å². The fraction of sp³-hybridized carbons (Fsp3) is 0.500. The molecule has 0 fully saturated rings. The van der Waals surface area contributed by atoms with Crippen molar-refractivity contribution in [3.8, 4) is 0 Å². The van der Waals surface area contributed by atoms with Crippen LogP contribution >= 0.6 is 11.6 Å². The number of rotatable bonds is 10. The third kappa shape index (κ3) is 5.29. The molecule has 1 aromatic carbocycles. The fourth-order valence-corrected chi connectivity index (χ4v) is 4.35. The molecule has 0 radical (unpaired) electrons. The SMILES string of the molecule is CCCN(CCC)S(=O)(=O)c1cc(C(=O)CCC(=O)O)ccc1Cl. The molecule has 0 aromatic heterocycles. The predicted octanol–water partition coefficient (Wildman–Crippen LogP) is 3.20. The molecule has 0 amide bonds. The van der Waals surface area contributed by atoms with E-state index >= 15 is 0 Å². The van der Waals surface area contributed by atoms with Crippen molar-refractivity contribution < 1.29 is 23.1 Å². The van der Waals surface area contributed by atoms with E-state index in [-0.39, 0.29) is 28.3 Å². The Bertz CT molecular complexity index is 696. The number of carboxylic acids is 1. The van der Waals surface area contributed by atoms with Crippen molar-refractivity contribution in [2.75, 3.05) is 13.1 Å². The molecule has 1 rings (SSSR count). The first-order valence-electron chi connectivity index (χ1n) is 7.78. The topological polar surface area (TPSA) is 91.8 Å². The summed E-state index contributed by atoms with van der Waals surface area (Å²) in [5, 5.41) is 8.70. The average Bonchev–Trinajstić information content (AvgIpc) is 2.52. The van der Waals surface area contributed by atoms with Crippen LogP contribution in [-0.2, 0) is 14.8 Å². The fourth-order valence-electron chi connectivity index (χ4n) is 2.23. The summed E-state index contributed by atoms with van der Waals surface area (Å²) in [5.41, 5.74) is 0.146. The normalized spacial score (nSPS) is 11.7. The lowest BCUT2D eigenvalue weighted by Crippen LogP contribution is -2.32. The summed E-state index contributed by atoms with van der Waals surface area (Å²) in [6.07, 6.45) is 0.827. The molecule has 6 nitrogen and oxygen atoms in total. The molecule has 134 valence electrons. The van der Waals surface area contributed by atoms with Crippen LogP contribution in [0.3, 0.4) is 0 Å². The maximum absolute atomic E-state index is 12.8. The van der Waals surface area contributed by atoms with Gasteiger partial charge in [0.15, 0.2) is 5.78 Å². The number of hydrogen-bond acceptors (Lipinski definition) is 4. The standard InChI is InChI=1S/C16H22ClNO5S/c1-3-9-18(10-4-2)24(22,23)15-11-12(5-6-13(15)17)14(19)7-8-16(20)21/h5-6,11H,3-4,7-10H2,1-2H3,(H,20,21). The van der Waals surface area contributed by atoms with Gasteiger partial charge in [0.05, 0.1) is 11.4 Å². The molecule has 0 aliphatic carbocycles. The lowest BCUT2D eigenvalue weighted by Gasteiger charge is -2.22. The Balaban J connectivity index is 3.20. The molecule has 0 saturated heterocycles. The quantitative estimate of drug-likeness (QED) is 0.634. The van der Waals surface area contributed by atoms with E-state index in [2.05, 4.69) is 0 Å². The van der Waals surface area contributed by atoms with Crippen molar-refractivity contribution in [1.29, 1.82) is 0 Å². The van der Waals surface area contributed by atoms with Gasteiger partial charge in [0.25, 0.3) is 0 Å². The Morgan fingerprint density at radius 3 is 2.21 bits per heavy atom. The molecule has 0 bridgehead atoms. The second-order valence-electron chi connectivity index (χ2n) is 5.37. The highest BCUT2D eigenvalue weighted by molar-refractivity contribution is 7.89. The number of hydrogen-bond donors (Lipinski definition) is 1. The molecular weight excluding hydrogens is 354 g/mol. The van der Waals surface area contributed by atoms with Crippen LogP contribution in [-0.4, -0.2) is 42.7 Å². The van der Waals surface area contributed by atoms with Crippen LogP contribution in [0.1, 0.15) is 49.9 Å². The zero-order chi connectivity index (χ0) is 18.3. The second-order valence-corrected chi connectivity index (χ2v) is 7.68. The number of carbonyl (C=O) groups excluding carboxylic acids is 1. The van der Waals surface area contributed by atoms with E-state index in [1.165, 1.54) is 22.5 Å². The highest BCUT2D eigenvalue weighted by Gasteiger charge is 2.26. The van der Waals surface area contributed by atoms with Crippen molar-refractivity contribution in [2.45, 2.75) is 44.4 Å². The Morgan fingerprint density at radius 2 is 1.71 bits per heavy atom. The Kier molecular flexibility index (Phi) is 7.86. The number of nitrogens with zero attached hydrogens (tertiary/aromatic N) is 1. The van der Waals surface area contributed by atoms with Gasteiger partial charge in [-0.3, -0.25) is 9.59 Å². The highest BCUT2D eigenvalue weighted by atomic mass is 35.5. The molecule has 24 heavy (non-hydrogen) atoms. The van der Waals surface area contributed by atoms with E-state index in [1.807, 2.05) is 13.8 Å². The first-order chi connectivity index (χ1) is 11.2. The molecule has 0 heterocycles. The smallest absolute Gasteiger partial charge is 0.303 e. The van der Waals surface area contributed by atoms with Crippen molar-refractivity contribution in [1.82, 2.24) is 4.31 Å². The monoisotopic (exact) mass is 375 g/mol. The third-order valence-electron chi connectivity index (χ3n) is 3.38. The zero-order valence-corrected chi connectivity index (χ0v) is 15.4. The van der Waals surface area contributed by atoms with Gasteiger partial charge in [0, 0.05) is 25.1 Å². The Labute approximate surface area is 147 Å². The molecular formula is C16H22ClNO5S. The molecule has 0 spiro atoms. The molecule has 0 aliphatic rings. The zero-order valence-electron chi connectivity index (χ0n) is 13.8. The minimum atomic E-state index is -3.81. The third-order valence-corrected chi connectivity index (χ3v) is 5.76. The number of halogens is 1. The van der Waals surface area contributed by atoms with Gasteiger partial charge < -0.3 is 5.11 Å². The number of ketones is 1. The summed E-state index contributed by atoms with van der Waals surface area (Å²) in [5.74, 6) is -1.51. The minimum Gasteiger partial charge on any atom is -0.481 e. The lowest BCUT2D eigenvalue weighted by molar-refractivity contribution is -0.136. The molecule has 0 saturated carbocycles. The van der Waals surface area contributed by atoms with Gasteiger partial charge in [-0.05, 0) is 31.0 Å². The molecule has 0 aliphatic heterocycles. The summed E-state index contributed by atoms with van der Waals surface area (Å²) in [7, 11) is -3.81. The lowest BCUT2D eigenvalue weighted by atomic mass is 10.1. The van der Waals surface area contributed by atoms with E-state index in [9.17, 15) is 18.0 Å². The number of sulfonamides is 1. The van der Waals surface area contributed by atoms with Crippen LogP contribution in [0.5, 0.6) is 0 Å². The van der Waals surface area contributed by atoms with Crippen LogP contribution in [0.15, 0.2) is 23.1 Å². The van der Waals surface area contributed by atoms with Gasteiger partial charge in [0.1, 0.15) is 4.90 Å². The first kappa shape index (κ1) is 20.6. The summed E-state index contributed by atoms with van der Waals surface area (Å²) >= 11 is 6.05. The molecule has 1 N–H and O–H groups in total. The minimum absolute atomic E-state index is 0.0435. The number of carboxylic acid groups (broad SMARTS) is 1. The number of carbonyl (C=O) groups is 2. The van der Waals surface area contributed by atoms with Crippen molar-refractivity contribution >= 4 is 33.4 Å². The maximum Gasteiger partial charge on any atom is 0.303 e. The largest absolute Gasteiger partial charge is 0.481 e. The highest BCUT2D eigenvalue weighted by Crippen LogP contribution is 2.27. The van der Waals surface area contributed by atoms with Crippen LogP contribution in [0.25, 0.3) is 0 Å². The Morgan fingerprint density at radius 1 is 1.12 bits per heavy atom. The molecule has 1 aromatic rings. The van der Waals surface area contributed by atoms with E-state index in [4.69, 9.17) is 16.7 Å². The summed E-state index contributed by atoms with van der Waals surface area (Å²) in [6, 6.07) is 4.01. The van der Waals surface area contributed by atoms with Gasteiger partial charge in [-0.25, -0.2) is 8.42 Å². The van der Waals surface area contributed by atoms with E-state index in [1.54, 1.807) is 0 Å². The second kappa shape index (κ2) is 9.15. The molecule has 0 atom stereocenters. The Hall–Kier alpha value is -1.44. The molecule has 0 unspecified atom stereocenters. The number of benzene rings is 1. The average molecular weight is 376 g/mol. The predicted molar refractivity (Wildman–Crippen MR) is 92.0 cm³/mol. The van der Waals surface area contributed by atoms with Crippen molar-refractivity contribution in [3.05, 3.63) is 28.8 Å². The van der Waals surface area contributed by atoms with Crippen LogP contribution < -0.4 is 0 Å². The van der Waals surface area contributed by atoms with E-state index in [0.717, 1.165) is 0 Å². The van der Waals surface area contributed by atoms with Gasteiger partial charge in [-0.15, -0.1) is 0 Å². The van der Waals surface area contributed by atoms with Crippen molar-refractivity contribution in [2.24, 2.45) is 0 Å². The summed E-state index contributed by atoms with van der Waals surface area (Å²) < 4.78 is 27.0. The number of aliphatic carboxylic acids is 1. The van der Waals surface area contributed by atoms with Crippen LogP contribution in [0.2, 0.25) is 5.02 Å².